The number of hydrogen-bond donors (Lipinski definition) is 0. The molecule has 0 aromatic heterocycles. The lowest BCUT2D eigenvalue weighted by Gasteiger charge is -2.10. The van der Waals surface area contributed by atoms with Crippen LogP contribution >= 0.6 is 0 Å². The average molecular weight is 172 g/mol. The summed E-state index contributed by atoms with van der Waals surface area (Å²) in [4.78, 5) is 0. The third kappa shape index (κ3) is 6.09. The van der Waals surface area contributed by atoms with E-state index >= 15 is 0 Å². The largest absolute Gasteiger partial charge is 0.425 e. The summed E-state index contributed by atoms with van der Waals surface area (Å²) in [7, 11) is 0.507. The zero-order chi connectivity index (χ0) is 8.20. The SMILES string of the molecule is CC(CCC(F)(F)F)O[SiH3]. The fourth-order valence-corrected chi connectivity index (χ4v) is 0.720. The zero-order valence-corrected chi connectivity index (χ0v) is 8.03. The minimum atomic E-state index is -4.03. The second kappa shape index (κ2) is 3.97. The van der Waals surface area contributed by atoms with Crippen molar-refractivity contribution in [2.75, 3.05) is 0 Å². The quantitative estimate of drug-likeness (QED) is 0.577. The number of hydrogen-bond acceptors (Lipinski definition) is 1. The first-order valence-electron chi connectivity index (χ1n) is 3.05. The highest BCUT2D eigenvalue weighted by molar-refractivity contribution is 5.98. The van der Waals surface area contributed by atoms with Crippen molar-refractivity contribution in [3.63, 3.8) is 0 Å². The van der Waals surface area contributed by atoms with Gasteiger partial charge in [-0.3, -0.25) is 0 Å². The van der Waals surface area contributed by atoms with Crippen LogP contribution in [0, 0.1) is 0 Å². The van der Waals surface area contributed by atoms with Crippen molar-refractivity contribution in [2.24, 2.45) is 0 Å². The van der Waals surface area contributed by atoms with Crippen LogP contribution in [0.3, 0.4) is 0 Å². The van der Waals surface area contributed by atoms with Gasteiger partial charge < -0.3 is 4.43 Å². The maximum atomic E-state index is 11.5. The average Bonchev–Trinajstić information content (AvgIpc) is 1.81. The van der Waals surface area contributed by atoms with Crippen LogP contribution in [-0.2, 0) is 4.43 Å². The van der Waals surface area contributed by atoms with E-state index < -0.39 is 12.6 Å². The molecule has 10 heavy (non-hydrogen) atoms. The van der Waals surface area contributed by atoms with Crippen LogP contribution < -0.4 is 0 Å². The molecule has 62 valence electrons. The molecule has 0 heterocycles. The minimum Gasteiger partial charge on any atom is -0.425 e. The van der Waals surface area contributed by atoms with Crippen LogP contribution in [0.5, 0.6) is 0 Å². The molecule has 0 aliphatic heterocycles. The Balaban J connectivity index is 3.36. The van der Waals surface area contributed by atoms with Gasteiger partial charge in [0.05, 0.1) is 0 Å². The monoisotopic (exact) mass is 172 g/mol. The molecule has 1 unspecified atom stereocenters. The van der Waals surface area contributed by atoms with Crippen molar-refractivity contribution in [1.29, 1.82) is 0 Å². The van der Waals surface area contributed by atoms with Gasteiger partial charge in [0.15, 0.2) is 0 Å². The molecule has 5 heteroatoms. The smallest absolute Gasteiger partial charge is 0.389 e. The van der Waals surface area contributed by atoms with E-state index in [0.717, 1.165) is 0 Å². The van der Waals surface area contributed by atoms with Crippen molar-refractivity contribution in [2.45, 2.75) is 32.0 Å². The van der Waals surface area contributed by atoms with Crippen LogP contribution in [0.2, 0.25) is 0 Å². The Morgan fingerprint density at radius 2 is 2.00 bits per heavy atom. The van der Waals surface area contributed by atoms with Crippen LogP contribution in [-0.4, -0.2) is 22.8 Å². The molecule has 0 rings (SSSR count). The molecule has 0 radical (unpaired) electrons. The third-order valence-corrected chi connectivity index (χ3v) is 2.04. The predicted octanol–water partition coefficient (Wildman–Crippen LogP) is 1.01. The number of halogens is 3. The van der Waals surface area contributed by atoms with Crippen LogP contribution in [0.25, 0.3) is 0 Å². The molecule has 0 spiro atoms. The van der Waals surface area contributed by atoms with Crippen molar-refractivity contribution < 1.29 is 17.6 Å². The van der Waals surface area contributed by atoms with E-state index in [1.165, 1.54) is 0 Å². The van der Waals surface area contributed by atoms with Gasteiger partial charge in [-0.05, 0) is 13.3 Å². The first-order valence-corrected chi connectivity index (χ1v) is 3.87. The highest BCUT2D eigenvalue weighted by atomic mass is 28.2. The third-order valence-electron chi connectivity index (χ3n) is 1.24. The van der Waals surface area contributed by atoms with E-state index in [1.807, 2.05) is 0 Å². The zero-order valence-electron chi connectivity index (χ0n) is 6.03. The van der Waals surface area contributed by atoms with E-state index in [1.54, 1.807) is 6.92 Å². The first-order chi connectivity index (χ1) is 4.45. The summed E-state index contributed by atoms with van der Waals surface area (Å²) in [5.41, 5.74) is 0. The first kappa shape index (κ1) is 9.97. The molecule has 0 aliphatic carbocycles. The van der Waals surface area contributed by atoms with Gasteiger partial charge in [0.2, 0.25) is 0 Å². The van der Waals surface area contributed by atoms with E-state index in [0.29, 0.717) is 10.5 Å². The van der Waals surface area contributed by atoms with Crippen molar-refractivity contribution in [1.82, 2.24) is 0 Å². The molecule has 0 aliphatic rings. The maximum Gasteiger partial charge on any atom is 0.389 e. The lowest BCUT2D eigenvalue weighted by atomic mass is 10.2. The molecule has 0 fully saturated rings. The Labute approximate surface area is 61.1 Å². The summed E-state index contributed by atoms with van der Waals surface area (Å²) in [6.07, 6.45) is -4.94. The fourth-order valence-electron chi connectivity index (χ4n) is 0.485. The lowest BCUT2D eigenvalue weighted by molar-refractivity contribution is -0.138. The maximum absolute atomic E-state index is 11.5. The molecule has 0 N–H and O–H groups in total. The summed E-state index contributed by atoms with van der Waals surface area (Å²) >= 11 is 0. The van der Waals surface area contributed by atoms with Gasteiger partial charge in [-0.15, -0.1) is 0 Å². The van der Waals surface area contributed by atoms with Gasteiger partial charge in [-0.1, -0.05) is 0 Å². The molecular formula is C5H11F3OSi. The number of rotatable bonds is 3. The van der Waals surface area contributed by atoms with Crippen molar-refractivity contribution in [3.05, 3.63) is 0 Å². The lowest BCUT2D eigenvalue weighted by Crippen LogP contribution is -2.13. The van der Waals surface area contributed by atoms with Gasteiger partial charge in [-0.25, -0.2) is 0 Å². The Kier molecular flexibility index (Phi) is 3.96. The fraction of sp³-hybridized carbons (Fsp3) is 1.00. The molecule has 0 aromatic rings. The second-order valence-corrected chi connectivity index (χ2v) is 2.67. The normalized spacial score (nSPS) is 15.6. The Morgan fingerprint density at radius 1 is 1.50 bits per heavy atom. The van der Waals surface area contributed by atoms with E-state index in [2.05, 4.69) is 0 Å². The molecule has 0 saturated carbocycles. The summed E-state index contributed by atoms with van der Waals surface area (Å²) in [6, 6.07) is 0. The predicted molar refractivity (Wildman–Crippen MR) is 35.8 cm³/mol. The van der Waals surface area contributed by atoms with Crippen LogP contribution in [0.1, 0.15) is 19.8 Å². The van der Waals surface area contributed by atoms with Gasteiger partial charge >= 0.3 is 6.18 Å². The van der Waals surface area contributed by atoms with E-state index in [-0.39, 0.29) is 12.5 Å². The van der Waals surface area contributed by atoms with Crippen LogP contribution in [0.4, 0.5) is 13.2 Å². The molecule has 1 nitrogen and oxygen atoms in total. The summed E-state index contributed by atoms with van der Waals surface area (Å²) in [5, 5.41) is 0. The highest BCUT2D eigenvalue weighted by Gasteiger charge is 2.27. The molecule has 0 amide bonds. The molecule has 1 atom stereocenters. The van der Waals surface area contributed by atoms with E-state index in [4.69, 9.17) is 4.43 Å². The molecule has 0 aromatic carbocycles. The van der Waals surface area contributed by atoms with Crippen LogP contribution in [0.15, 0.2) is 0 Å². The van der Waals surface area contributed by atoms with Crippen molar-refractivity contribution >= 4 is 10.5 Å². The summed E-state index contributed by atoms with van der Waals surface area (Å²) in [6.45, 7) is 1.65. The van der Waals surface area contributed by atoms with Crippen molar-refractivity contribution in [3.8, 4) is 0 Å². The molecule has 0 bridgehead atoms. The Hall–Kier alpha value is -0.0331. The molecular weight excluding hydrogens is 161 g/mol. The summed E-state index contributed by atoms with van der Waals surface area (Å²) < 4.78 is 39.3. The topological polar surface area (TPSA) is 9.23 Å². The minimum absolute atomic E-state index is 0.0764. The second-order valence-electron chi connectivity index (χ2n) is 2.20. The number of alkyl halides is 3. The van der Waals surface area contributed by atoms with Gasteiger partial charge in [0.25, 0.3) is 0 Å². The standard InChI is InChI=1S/C5H11F3OSi/c1-4(9-10)2-3-5(6,7)8/h4H,2-3H2,1,10H3. The van der Waals surface area contributed by atoms with Gasteiger partial charge in [0, 0.05) is 12.5 Å². The Bertz CT molecular complexity index is 93.4. The highest BCUT2D eigenvalue weighted by Crippen LogP contribution is 2.22. The van der Waals surface area contributed by atoms with Gasteiger partial charge in [0.1, 0.15) is 10.5 Å². The summed E-state index contributed by atoms with van der Waals surface area (Å²) in [5.74, 6) is 0. The van der Waals surface area contributed by atoms with E-state index in [9.17, 15) is 13.2 Å². The Morgan fingerprint density at radius 3 is 2.30 bits per heavy atom. The molecule has 0 saturated heterocycles. The van der Waals surface area contributed by atoms with Gasteiger partial charge in [-0.2, -0.15) is 13.2 Å².